The zero-order chi connectivity index (χ0) is 11.4. The van der Waals surface area contributed by atoms with Gasteiger partial charge >= 0.3 is 0 Å². The highest BCUT2D eigenvalue weighted by Gasteiger charge is 2.19. The van der Waals surface area contributed by atoms with Crippen molar-refractivity contribution in [3.05, 3.63) is 21.9 Å². The van der Waals surface area contributed by atoms with Crippen LogP contribution in [-0.4, -0.2) is 29.7 Å². The lowest BCUT2D eigenvalue weighted by Gasteiger charge is -2.31. The number of hydrogen-bond donors (Lipinski definition) is 1. The lowest BCUT2D eigenvalue weighted by atomic mass is 9.99. The zero-order valence-electron chi connectivity index (χ0n) is 9.98. The van der Waals surface area contributed by atoms with Crippen molar-refractivity contribution in [3.8, 4) is 0 Å². The number of hydrogen-bond acceptors (Lipinski definition) is 3. The summed E-state index contributed by atoms with van der Waals surface area (Å²) in [6.45, 7) is 5.88. The number of aliphatic hydroxyl groups excluding tert-OH is 1. The number of piperidine rings is 1. The molecule has 1 aromatic heterocycles. The van der Waals surface area contributed by atoms with Gasteiger partial charge in [-0.2, -0.15) is 0 Å². The Hall–Kier alpha value is -0.380. The Labute approximate surface area is 102 Å². The maximum absolute atomic E-state index is 9.19. The van der Waals surface area contributed by atoms with Gasteiger partial charge in [-0.05, 0) is 43.9 Å². The Kier molecular flexibility index (Phi) is 4.38. The van der Waals surface area contributed by atoms with E-state index in [1.165, 1.54) is 29.1 Å². The van der Waals surface area contributed by atoms with Gasteiger partial charge in [0.25, 0.3) is 0 Å². The highest BCUT2D eigenvalue weighted by atomic mass is 32.1. The molecule has 1 N–H and O–H groups in total. The van der Waals surface area contributed by atoms with Crippen molar-refractivity contribution in [1.29, 1.82) is 0 Å². The van der Waals surface area contributed by atoms with E-state index in [9.17, 15) is 5.11 Å². The van der Waals surface area contributed by atoms with Crippen LogP contribution in [0.2, 0.25) is 0 Å². The van der Waals surface area contributed by atoms with Gasteiger partial charge in [0.15, 0.2) is 0 Å². The second kappa shape index (κ2) is 5.80. The van der Waals surface area contributed by atoms with Crippen LogP contribution in [0.3, 0.4) is 0 Å². The molecule has 3 heteroatoms. The molecular formula is C13H21NOS. The van der Waals surface area contributed by atoms with Crippen molar-refractivity contribution in [3.63, 3.8) is 0 Å². The Morgan fingerprint density at radius 3 is 2.94 bits per heavy atom. The highest BCUT2D eigenvalue weighted by molar-refractivity contribution is 7.11. The van der Waals surface area contributed by atoms with Crippen molar-refractivity contribution in [2.24, 2.45) is 5.92 Å². The van der Waals surface area contributed by atoms with Crippen molar-refractivity contribution < 1.29 is 5.11 Å². The number of aliphatic hydroxyl groups is 1. The first-order valence-corrected chi connectivity index (χ1v) is 7.04. The van der Waals surface area contributed by atoms with Gasteiger partial charge < -0.3 is 5.11 Å². The van der Waals surface area contributed by atoms with E-state index < -0.39 is 0 Å². The van der Waals surface area contributed by atoms with E-state index in [0.717, 1.165) is 19.5 Å². The molecule has 16 heavy (non-hydrogen) atoms. The first-order chi connectivity index (χ1) is 7.81. The molecule has 2 nitrogen and oxygen atoms in total. The summed E-state index contributed by atoms with van der Waals surface area (Å²) in [7, 11) is 0. The van der Waals surface area contributed by atoms with Crippen LogP contribution in [0.1, 0.15) is 29.5 Å². The molecule has 2 rings (SSSR count). The van der Waals surface area contributed by atoms with Crippen molar-refractivity contribution in [1.82, 2.24) is 4.90 Å². The highest BCUT2D eigenvalue weighted by Crippen LogP contribution is 2.22. The minimum atomic E-state index is 0.348. The third-order valence-electron chi connectivity index (χ3n) is 3.31. The van der Waals surface area contributed by atoms with Crippen LogP contribution in [0, 0.1) is 5.92 Å². The van der Waals surface area contributed by atoms with Gasteiger partial charge in [-0.3, -0.25) is 4.90 Å². The van der Waals surface area contributed by atoms with Crippen LogP contribution in [0.4, 0.5) is 0 Å². The minimum absolute atomic E-state index is 0.348. The molecule has 0 spiro atoms. The molecular weight excluding hydrogens is 218 g/mol. The molecule has 1 atom stereocenters. The Balaban J connectivity index is 1.88. The number of nitrogens with zero attached hydrogens (tertiary/aromatic N) is 1. The molecule has 0 radical (unpaired) electrons. The molecule has 0 aliphatic carbocycles. The van der Waals surface area contributed by atoms with E-state index >= 15 is 0 Å². The molecule has 90 valence electrons. The van der Waals surface area contributed by atoms with Crippen LogP contribution in [0.5, 0.6) is 0 Å². The summed E-state index contributed by atoms with van der Waals surface area (Å²) in [5.74, 6) is 0.499. The van der Waals surface area contributed by atoms with E-state index in [1.807, 2.05) is 11.3 Å². The first-order valence-electron chi connectivity index (χ1n) is 6.22. The minimum Gasteiger partial charge on any atom is -0.396 e. The molecule has 0 saturated carbocycles. The van der Waals surface area contributed by atoms with Crippen molar-refractivity contribution in [2.75, 3.05) is 19.7 Å². The maximum atomic E-state index is 9.19. The van der Waals surface area contributed by atoms with E-state index in [0.29, 0.717) is 12.5 Å². The molecule has 1 aliphatic rings. The summed E-state index contributed by atoms with van der Waals surface area (Å²) in [5.41, 5.74) is 0. The van der Waals surface area contributed by atoms with Gasteiger partial charge in [0.2, 0.25) is 0 Å². The van der Waals surface area contributed by atoms with Crippen LogP contribution in [0.25, 0.3) is 0 Å². The average molecular weight is 239 g/mol. The fourth-order valence-corrected chi connectivity index (χ4v) is 3.36. The van der Waals surface area contributed by atoms with Gasteiger partial charge in [-0.25, -0.2) is 0 Å². The van der Waals surface area contributed by atoms with Crippen LogP contribution in [0.15, 0.2) is 12.1 Å². The largest absolute Gasteiger partial charge is 0.396 e. The second-order valence-corrected chi connectivity index (χ2v) is 5.90. The zero-order valence-corrected chi connectivity index (χ0v) is 10.8. The molecule has 1 aromatic rings. The van der Waals surface area contributed by atoms with Crippen molar-refractivity contribution in [2.45, 2.75) is 32.7 Å². The lowest BCUT2D eigenvalue weighted by Crippen LogP contribution is -2.36. The first kappa shape index (κ1) is 12.1. The number of likely N-dealkylation sites (tertiary alicyclic amines) is 1. The summed E-state index contributed by atoms with van der Waals surface area (Å²) >= 11 is 1.93. The fourth-order valence-electron chi connectivity index (χ4n) is 2.36. The molecule has 1 fully saturated rings. The Morgan fingerprint density at radius 1 is 1.44 bits per heavy atom. The topological polar surface area (TPSA) is 23.5 Å². The molecule has 0 amide bonds. The second-order valence-electron chi connectivity index (χ2n) is 4.65. The number of aryl methyl sites for hydroxylation is 1. The summed E-state index contributed by atoms with van der Waals surface area (Å²) < 4.78 is 0. The van der Waals surface area contributed by atoms with Gasteiger partial charge in [-0.15, -0.1) is 11.3 Å². The normalized spacial score (nSPS) is 22.5. The van der Waals surface area contributed by atoms with Gasteiger partial charge in [0.1, 0.15) is 0 Å². The smallest absolute Gasteiger partial charge is 0.0471 e. The molecule has 1 aliphatic heterocycles. The maximum Gasteiger partial charge on any atom is 0.0471 e. The van der Waals surface area contributed by atoms with Crippen LogP contribution < -0.4 is 0 Å². The van der Waals surface area contributed by atoms with Crippen LogP contribution >= 0.6 is 11.3 Å². The quantitative estimate of drug-likeness (QED) is 0.872. The molecule has 1 unspecified atom stereocenters. The molecule has 0 aromatic carbocycles. The van der Waals surface area contributed by atoms with E-state index in [-0.39, 0.29) is 0 Å². The van der Waals surface area contributed by atoms with Crippen molar-refractivity contribution >= 4 is 11.3 Å². The summed E-state index contributed by atoms with van der Waals surface area (Å²) in [6.07, 6.45) is 3.57. The number of rotatable bonds is 4. The Bertz CT molecular complexity index is 323. The van der Waals surface area contributed by atoms with E-state index in [1.54, 1.807) is 0 Å². The predicted molar refractivity (Wildman–Crippen MR) is 68.8 cm³/mol. The third kappa shape index (κ3) is 3.06. The lowest BCUT2D eigenvalue weighted by molar-refractivity contribution is 0.116. The summed E-state index contributed by atoms with van der Waals surface area (Å²) in [6, 6.07) is 4.50. The number of thiophene rings is 1. The van der Waals surface area contributed by atoms with Gasteiger partial charge in [0.05, 0.1) is 0 Å². The Morgan fingerprint density at radius 2 is 2.25 bits per heavy atom. The van der Waals surface area contributed by atoms with E-state index in [4.69, 9.17) is 0 Å². The van der Waals surface area contributed by atoms with Gasteiger partial charge in [-0.1, -0.05) is 6.92 Å². The summed E-state index contributed by atoms with van der Waals surface area (Å²) in [4.78, 5) is 5.43. The molecule has 0 bridgehead atoms. The fraction of sp³-hybridized carbons (Fsp3) is 0.692. The summed E-state index contributed by atoms with van der Waals surface area (Å²) in [5, 5.41) is 9.19. The standard InChI is InChI=1S/C13H21NOS/c1-2-12-5-6-13(16-12)9-14-7-3-4-11(8-14)10-15/h5-6,11,15H,2-4,7-10H2,1H3. The van der Waals surface area contributed by atoms with E-state index in [2.05, 4.69) is 24.0 Å². The monoisotopic (exact) mass is 239 g/mol. The molecule has 1 saturated heterocycles. The third-order valence-corrected chi connectivity index (χ3v) is 4.52. The van der Waals surface area contributed by atoms with Crippen LogP contribution in [-0.2, 0) is 13.0 Å². The predicted octanol–water partition coefficient (Wildman–Crippen LogP) is 2.51. The SMILES string of the molecule is CCc1ccc(CN2CCCC(CO)C2)s1. The average Bonchev–Trinajstić information content (AvgIpc) is 2.77. The van der Waals surface area contributed by atoms with Gasteiger partial charge in [0, 0.05) is 29.5 Å². The molecule has 2 heterocycles.